The Hall–Kier alpha value is -3.71. The van der Waals surface area contributed by atoms with Gasteiger partial charge in [-0.05, 0) is 49.6 Å². The fourth-order valence-corrected chi connectivity index (χ4v) is 3.12. The number of rotatable bonds is 13. The van der Waals surface area contributed by atoms with Gasteiger partial charge in [-0.15, -0.1) is 0 Å². The number of aryl methyl sites for hydroxylation is 1. The normalized spacial score (nSPS) is 12.6. The number of benzene rings is 2. The number of carbonyl (C=O) groups excluding carboxylic acids is 2. The maximum atomic E-state index is 12.3. The van der Waals surface area contributed by atoms with Gasteiger partial charge in [0.2, 0.25) is 0 Å². The summed E-state index contributed by atoms with van der Waals surface area (Å²) in [6, 6.07) is 14.3. The lowest BCUT2D eigenvalue weighted by Crippen LogP contribution is -2.24. The van der Waals surface area contributed by atoms with Gasteiger partial charge in [-0.2, -0.15) is 5.10 Å². The Morgan fingerprint density at radius 2 is 1.86 bits per heavy atom. The molecular weight excluding hydrogens is 444 g/mol. The maximum absolute atomic E-state index is 12.3. The molecule has 0 aliphatic heterocycles. The summed E-state index contributed by atoms with van der Waals surface area (Å²) in [7, 11) is 0. The van der Waals surface area contributed by atoms with Crippen LogP contribution in [0.15, 0.2) is 77.4 Å². The van der Waals surface area contributed by atoms with Crippen LogP contribution >= 0.6 is 0 Å². The zero-order valence-electron chi connectivity index (χ0n) is 20.6. The van der Waals surface area contributed by atoms with Crippen LogP contribution in [-0.4, -0.2) is 35.9 Å². The molecule has 0 saturated heterocycles. The molecule has 2 N–H and O–H groups in total. The summed E-state index contributed by atoms with van der Waals surface area (Å²) in [5, 5.41) is 14.1. The lowest BCUT2D eigenvalue weighted by Gasteiger charge is -2.10. The van der Waals surface area contributed by atoms with E-state index >= 15 is 0 Å². The minimum absolute atomic E-state index is 0.0540. The molecule has 0 aliphatic carbocycles. The van der Waals surface area contributed by atoms with Gasteiger partial charge in [-0.25, -0.2) is 5.43 Å². The van der Waals surface area contributed by atoms with Crippen molar-refractivity contribution in [2.75, 3.05) is 6.61 Å². The Morgan fingerprint density at radius 3 is 2.57 bits per heavy atom. The van der Waals surface area contributed by atoms with Crippen LogP contribution in [0.2, 0.25) is 0 Å². The zero-order chi connectivity index (χ0) is 25.5. The van der Waals surface area contributed by atoms with Crippen LogP contribution in [0.5, 0.6) is 11.5 Å². The molecule has 0 saturated carbocycles. The third-order valence-electron chi connectivity index (χ3n) is 4.91. The minimum Gasteiger partial charge on any atom is -0.484 e. The molecule has 0 radical (unpaired) electrons. The largest absolute Gasteiger partial charge is 0.484 e. The second kappa shape index (κ2) is 15.2. The summed E-state index contributed by atoms with van der Waals surface area (Å²) in [4.78, 5) is 24.3. The number of esters is 1. The quantitative estimate of drug-likeness (QED) is 0.141. The molecule has 2 aromatic rings. The molecule has 0 spiro atoms. The van der Waals surface area contributed by atoms with Gasteiger partial charge in [0, 0.05) is 5.56 Å². The molecule has 1 amide bonds. The van der Waals surface area contributed by atoms with Crippen LogP contribution in [0.4, 0.5) is 0 Å². The van der Waals surface area contributed by atoms with Crippen molar-refractivity contribution in [3.63, 3.8) is 0 Å². The van der Waals surface area contributed by atoms with Crippen molar-refractivity contribution in [1.29, 1.82) is 0 Å². The number of aliphatic hydroxyl groups excluding tert-OH is 1. The molecule has 0 heterocycles. The topological polar surface area (TPSA) is 97.2 Å². The molecule has 2 aromatic carbocycles. The molecule has 7 heteroatoms. The smallest absolute Gasteiger partial charge is 0.315 e. The number of hydrogen-bond acceptors (Lipinski definition) is 6. The molecule has 0 aliphatic rings. The third-order valence-corrected chi connectivity index (χ3v) is 4.91. The van der Waals surface area contributed by atoms with E-state index in [1.54, 1.807) is 48.6 Å². The van der Waals surface area contributed by atoms with Gasteiger partial charge in [0.05, 0.1) is 18.7 Å². The van der Waals surface area contributed by atoms with E-state index in [1.165, 1.54) is 6.21 Å². The monoisotopic (exact) mass is 478 g/mol. The number of hydrogen-bond donors (Lipinski definition) is 2. The van der Waals surface area contributed by atoms with Gasteiger partial charge >= 0.3 is 5.97 Å². The Kier molecular flexibility index (Phi) is 12.0. The first-order valence-electron chi connectivity index (χ1n) is 11.8. The molecule has 35 heavy (non-hydrogen) atoms. The Balaban J connectivity index is 1.88. The number of aliphatic hydroxyl groups is 1. The number of nitrogens with one attached hydrogen (secondary N) is 1. The molecular formula is C28H34N2O5. The standard InChI is InChI=1S/C28H34N2O5/c1-4-9-22(25(31)10-5-2)12-8-14-28(33)35-26-13-7-6-11-23(26)19-29-30-27(32)20-34-24-17-15-21(3)16-18-24/h6-9,11-13,15-19,25,31H,4-5,10,14,20H2,1-3H3,(H,30,32)/b12-8-,22-9+,29-19+. The first kappa shape index (κ1) is 27.5. The first-order valence-corrected chi connectivity index (χ1v) is 11.8. The van der Waals surface area contributed by atoms with Gasteiger partial charge in [0.1, 0.15) is 11.5 Å². The molecule has 0 fully saturated rings. The average Bonchev–Trinajstić information content (AvgIpc) is 2.84. The van der Waals surface area contributed by atoms with Crippen LogP contribution in [0.25, 0.3) is 0 Å². The second-order valence-corrected chi connectivity index (χ2v) is 7.93. The number of allylic oxidation sites excluding steroid dienone is 1. The summed E-state index contributed by atoms with van der Waals surface area (Å²) in [6.45, 7) is 5.81. The number of hydrazone groups is 1. The van der Waals surface area contributed by atoms with Crippen molar-refractivity contribution >= 4 is 18.1 Å². The highest BCUT2D eigenvalue weighted by molar-refractivity contribution is 5.87. The van der Waals surface area contributed by atoms with Crippen molar-refractivity contribution in [3.8, 4) is 11.5 Å². The van der Waals surface area contributed by atoms with Crippen molar-refractivity contribution in [1.82, 2.24) is 5.43 Å². The van der Waals surface area contributed by atoms with E-state index in [0.717, 1.165) is 24.0 Å². The van der Waals surface area contributed by atoms with E-state index in [4.69, 9.17) is 9.47 Å². The second-order valence-electron chi connectivity index (χ2n) is 7.93. The lowest BCUT2D eigenvalue weighted by molar-refractivity contribution is -0.133. The van der Waals surface area contributed by atoms with Crippen molar-refractivity contribution in [3.05, 3.63) is 83.5 Å². The molecule has 2 rings (SSSR count). The van der Waals surface area contributed by atoms with Crippen LogP contribution < -0.4 is 14.9 Å². The summed E-state index contributed by atoms with van der Waals surface area (Å²) < 4.78 is 10.9. The summed E-state index contributed by atoms with van der Waals surface area (Å²) in [6.07, 6.45) is 8.67. The summed E-state index contributed by atoms with van der Waals surface area (Å²) in [5.41, 5.74) is 4.84. The maximum Gasteiger partial charge on any atom is 0.315 e. The van der Waals surface area contributed by atoms with Gasteiger partial charge < -0.3 is 14.6 Å². The number of carbonyl (C=O) groups is 2. The fraction of sp³-hybridized carbons (Fsp3) is 0.321. The molecule has 0 bridgehead atoms. The Bertz CT molecular complexity index is 1040. The highest BCUT2D eigenvalue weighted by Gasteiger charge is 2.09. The highest BCUT2D eigenvalue weighted by atomic mass is 16.5. The number of ether oxygens (including phenoxy) is 2. The highest BCUT2D eigenvalue weighted by Crippen LogP contribution is 2.17. The minimum atomic E-state index is -0.540. The predicted molar refractivity (Wildman–Crippen MR) is 138 cm³/mol. The number of amides is 1. The zero-order valence-corrected chi connectivity index (χ0v) is 20.6. The number of nitrogens with zero attached hydrogens (tertiary/aromatic N) is 1. The fourth-order valence-electron chi connectivity index (χ4n) is 3.12. The van der Waals surface area contributed by atoms with E-state index in [-0.39, 0.29) is 13.0 Å². The molecule has 7 nitrogen and oxygen atoms in total. The first-order chi connectivity index (χ1) is 16.9. The van der Waals surface area contributed by atoms with E-state index in [2.05, 4.69) is 10.5 Å². The molecule has 1 unspecified atom stereocenters. The van der Waals surface area contributed by atoms with Gasteiger partial charge in [0.25, 0.3) is 5.91 Å². The van der Waals surface area contributed by atoms with E-state index in [1.807, 2.05) is 39.0 Å². The van der Waals surface area contributed by atoms with Gasteiger partial charge in [0.15, 0.2) is 6.61 Å². The number of para-hydroxylation sites is 1. The van der Waals surface area contributed by atoms with Crippen LogP contribution in [-0.2, 0) is 9.59 Å². The predicted octanol–water partition coefficient (Wildman–Crippen LogP) is 4.87. The molecule has 186 valence electrons. The van der Waals surface area contributed by atoms with Crippen molar-refractivity contribution in [2.24, 2.45) is 5.10 Å². The summed E-state index contributed by atoms with van der Waals surface area (Å²) in [5.74, 6) is 0.0643. The van der Waals surface area contributed by atoms with Crippen LogP contribution in [0, 0.1) is 6.92 Å². The van der Waals surface area contributed by atoms with Crippen LogP contribution in [0.3, 0.4) is 0 Å². The van der Waals surface area contributed by atoms with Gasteiger partial charge in [-0.3, -0.25) is 9.59 Å². The molecule has 0 aromatic heterocycles. The van der Waals surface area contributed by atoms with E-state index in [0.29, 0.717) is 23.5 Å². The van der Waals surface area contributed by atoms with Gasteiger partial charge in [-0.1, -0.05) is 68.3 Å². The van der Waals surface area contributed by atoms with E-state index < -0.39 is 18.0 Å². The summed E-state index contributed by atoms with van der Waals surface area (Å²) >= 11 is 0. The van der Waals surface area contributed by atoms with Crippen molar-refractivity contribution in [2.45, 2.75) is 52.6 Å². The van der Waals surface area contributed by atoms with Crippen LogP contribution in [0.1, 0.15) is 50.7 Å². The Labute approximate surface area is 207 Å². The average molecular weight is 479 g/mol. The lowest BCUT2D eigenvalue weighted by atomic mass is 10.0. The van der Waals surface area contributed by atoms with E-state index in [9.17, 15) is 14.7 Å². The Morgan fingerprint density at radius 1 is 1.11 bits per heavy atom. The van der Waals surface area contributed by atoms with Crippen molar-refractivity contribution < 1.29 is 24.2 Å². The third kappa shape index (κ3) is 10.4. The SMILES string of the molecule is CC/C=C(\C=C/CC(=O)Oc1ccccc1/C=N/NC(=O)COc1ccc(C)cc1)C(O)CCC. The molecule has 1 atom stereocenters.